The second kappa shape index (κ2) is 7.37. The molecule has 21 heavy (non-hydrogen) atoms. The predicted molar refractivity (Wildman–Crippen MR) is 91.9 cm³/mol. The summed E-state index contributed by atoms with van der Waals surface area (Å²) in [4.78, 5) is 7.22. The monoisotopic (exact) mass is 292 g/mol. The lowest BCUT2D eigenvalue weighted by atomic mass is 9.84. The van der Waals surface area contributed by atoms with Gasteiger partial charge in [-0.25, -0.2) is 0 Å². The van der Waals surface area contributed by atoms with Crippen LogP contribution in [0.4, 0.5) is 0 Å². The maximum atomic E-state index is 5.54. The molecule has 1 rings (SSSR count). The summed E-state index contributed by atoms with van der Waals surface area (Å²) < 4.78 is 5.54. The molecule has 0 radical (unpaired) electrons. The third kappa shape index (κ3) is 4.27. The Morgan fingerprint density at radius 1 is 1.38 bits per heavy atom. The van der Waals surface area contributed by atoms with Crippen LogP contribution in [-0.2, 0) is 4.74 Å². The highest BCUT2D eigenvalue weighted by Crippen LogP contribution is 2.29. The van der Waals surface area contributed by atoms with Crippen LogP contribution in [0.1, 0.15) is 41.0 Å². The Hall–Kier alpha value is -0.930. The maximum Gasteiger partial charge on any atom is 0.0633 e. The Kier molecular flexibility index (Phi) is 6.36. The van der Waals surface area contributed by atoms with E-state index in [9.17, 15) is 0 Å². The lowest BCUT2D eigenvalue weighted by molar-refractivity contribution is 0.190. The number of hydrogen-bond acceptors (Lipinski definition) is 3. The average molecular weight is 292 g/mol. The largest absolute Gasteiger partial charge is 0.381 e. The molecule has 0 aromatic rings. The number of nitrogens with zero attached hydrogens (tertiary/aromatic N) is 2. The summed E-state index contributed by atoms with van der Waals surface area (Å²) in [5.41, 5.74) is 3.19. The summed E-state index contributed by atoms with van der Waals surface area (Å²) in [7, 11) is 4.19. The van der Waals surface area contributed by atoms with Crippen molar-refractivity contribution in [3.05, 3.63) is 23.9 Å². The summed E-state index contributed by atoms with van der Waals surface area (Å²) in [5, 5.41) is 0. The molecule has 3 nitrogen and oxygen atoms in total. The van der Waals surface area contributed by atoms with E-state index in [0.29, 0.717) is 11.8 Å². The van der Waals surface area contributed by atoms with Crippen molar-refractivity contribution in [2.45, 2.75) is 46.6 Å². The van der Waals surface area contributed by atoms with Gasteiger partial charge in [0.15, 0.2) is 0 Å². The highest BCUT2D eigenvalue weighted by atomic mass is 16.5. The van der Waals surface area contributed by atoms with Crippen molar-refractivity contribution in [1.29, 1.82) is 0 Å². The molecule has 0 aromatic heterocycles. The van der Waals surface area contributed by atoms with E-state index >= 15 is 0 Å². The third-order valence-electron chi connectivity index (χ3n) is 4.55. The highest BCUT2D eigenvalue weighted by molar-refractivity contribution is 6.07. The standard InChI is InChI=1S/C18H32N2O/c1-9-16(13(2)3)19-17(18(5,6)20(7)8)14(4)15-10-11-21-12-15/h9,13,15H,4,10-12H2,1-3,5-8H3/b16-9-,19-17+/t15-/m0/s1. The summed E-state index contributed by atoms with van der Waals surface area (Å²) in [6, 6.07) is 0. The Morgan fingerprint density at radius 2 is 2.00 bits per heavy atom. The van der Waals surface area contributed by atoms with E-state index in [2.05, 4.69) is 66.3 Å². The van der Waals surface area contributed by atoms with Gasteiger partial charge in [0.25, 0.3) is 0 Å². The van der Waals surface area contributed by atoms with Gasteiger partial charge in [0.1, 0.15) is 0 Å². The van der Waals surface area contributed by atoms with Crippen molar-refractivity contribution in [3.63, 3.8) is 0 Å². The fourth-order valence-electron chi connectivity index (χ4n) is 2.47. The lowest BCUT2D eigenvalue weighted by Gasteiger charge is -2.36. The molecule has 1 saturated heterocycles. The van der Waals surface area contributed by atoms with Gasteiger partial charge < -0.3 is 4.74 Å². The van der Waals surface area contributed by atoms with Crippen molar-refractivity contribution in [2.75, 3.05) is 27.3 Å². The molecule has 120 valence electrons. The number of hydrogen-bond donors (Lipinski definition) is 0. The van der Waals surface area contributed by atoms with Crippen LogP contribution in [0, 0.1) is 11.8 Å². The van der Waals surface area contributed by atoms with E-state index in [-0.39, 0.29) is 5.54 Å². The quantitative estimate of drug-likeness (QED) is 0.693. The summed E-state index contributed by atoms with van der Waals surface area (Å²) >= 11 is 0. The fourth-order valence-corrected chi connectivity index (χ4v) is 2.47. The van der Waals surface area contributed by atoms with Gasteiger partial charge >= 0.3 is 0 Å². The first kappa shape index (κ1) is 18.1. The Bertz CT molecular complexity index is 424. The fraction of sp³-hybridized carbons (Fsp3) is 0.722. The molecular weight excluding hydrogens is 260 g/mol. The molecule has 0 unspecified atom stereocenters. The minimum Gasteiger partial charge on any atom is -0.381 e. The van der Waals surface area contributed by atoms with E-state index in [1.54, 1.807) is 0 Å². The molecule has 0 spiro atoms. The smallest absolute Gasteiger partial charge is 0.0633 e. The van der Waals surface area contributed by atoms with Crippen molar-refractivity contribution in [2.24, 2.45) is 16.8 Å². The molecule has 0 bridgehead atoms. The zero-order valence-corrected chi connectivity index (χ0v) is 14.9. The molecule has 1 heterocycles. The van der Waals surface area contributed by atoms with Crippen molar-refractivity contribution >= 4 is 5.71 Å². The maximum absolute atomic E-state index is 5.54. The molecule has 0 saturated carbocycles. The molecular formula is C18H32N2O. The topological polar surface area (TPSA) is 24.8 Å². The van der Waals surface area contributed by atoms with Crippen LogP contribution in [-0.4, -0.2) is 43.5 Å². The molecule has 1 aliphatic heterocycles. The van der Waals surface area contributed by atoms with Gasteiger partial charge in [-0.3, -0.25) is 9.89 Å². The van der Waals surface area contributed by atoms with Crippen LogP contribution < -0.4 is 0 Å². The van der Waals surface area contributed by atoms with Gasteiger partial charge in [-0.2, -0.15) is 0 Å². The van der Waals surface area contributed by atoms with Crippen LogP contribution in [0.5, 0.6) is 0 Å². The molecule has 0 aromatic carbocycles. The zero-order valence-electron chi connectivity index (χ0n) is 14.9. The predicted octanol–water partition coefficient (Wildman–Crippen LogP) is 3.92. The van der Waals surface area contributed by atoms with Crippen molar-refractivity contribution < 1.29 is 4.74 Å². The number of rotatable bonds is 6. The first-order valence-electron chi connectivity index (χ1n) is 7.91. The SMILES string of the molecule is C=C(/C(=N\C(=C/C)C(C)C)C(C)(C)N(C)C)[C@H]1CCOC1. The molecule has 0 N–H and O–H groups in total. The number of ether oxygens (including phenoxy) is 1. The van der Waals surface area contributed by atoms with Gasteiger partial charge in [0.05, 0.1) is 17.9 Å². The van der Waals surface area contributed by atoms with Crippen LogP contribution in [0.2, 0.25) is 0 Å². The summed E-state index contributed by atoms with van der Waals surface area (Å²) in [6.07, 6.45) is 3.16. The summed E-state index contributed by atoms with van der Waals surface area (Å²) in [6.45, 7) is 16.8. The molecule has 1 fully saturated rings. The van der Waals surface area contributed by atoms with Gasteiger partial charge in [0, 0.05) is 18.2 Å². The minimum absolute atomic E-state index is 0.150. The van der Waals surface area contributed by atoms with Gasteiger partial charge in [-0.1, -0.05) is 26.5 Å². The first-order valence-corrected chi connectivity index (χ1v) is 7.91. The van der Waals surface area contributed by atoms with Crippen molar-refractivity contribution in [1.82, 2.24) is 4.90 Å². The number of aliphatic imine (C=N–C) groups is 1. The normalized spacial score (nSPS) is 21.5. The second-order valence-corrected chi connectivity index (χ2v) is 6.87. The molecule has 0 amide bonds. The summed E-state index contributed by atoms with van der Waals surface area (Å²) in [5.74, 6) is 0.809. The Labute approximate surface area is 130 Å². The van der Waals surface area contributed by atoms with E-state index in [0.717, 1.165) is 36.6 Å². The second-order valence-electron chi connectivity index (χ2n) is 6.87. The highest BCUT2D eigenvalue weighted by Gasteiger charge is 2.33. The van der Waals surface area contributed by atoms with Crippen LogP contribution in [0.15, 0.2) is 28.9 Å². The average Bonchev–Trinajstić information content (AvgIpc) is 2.92. The van der Waals surface area contributed by atoms with Crippen LogP contribution in [0.25, 0.3) is 0 Å². The molecule has 3 heteroatoms. The third-order valence-corrected chi connectivity index (χ3v) is 4.55. The van der Waals surface area contributed by atoms with Crippen LogP contribution in [0.3, 0.4) is 0 Å². The Balaban J connectivity index is 3.23. The molecule has 0 aliphatic carbocycles. The van der Waals surface area contributed by atoms with Gasteiger partial charge in [-0.05, 0) is 52.8 Å². The van der Waals surface area contributed by atoms with E-state index < -0.39 is 0 Å². The van der Waals surface area contributed by atoms with Gasteiger partial charge in [-0.15, -0.1) is 0 Å². The van der Waals surface area contributed by atoms with E-state index in [1.807, 2.05) is 0 Å². The number of allylic oxidation sites excluding steroid dienone is 2. The van der Waals surface area contributed by atoms with E-state index in [4.69, 9.17) is 9.73 Å². The Morgan fingerprint density at radius 3 is 2.38 bits per heavy atom. The first-order chi connectivity index (χ1) is 9.71. The molecule has 1 aliphatic rings. The molecule has 1 atom stereocenters. The van der Waals surface area contributed by atoms with E-state index in [1.165, 1.54) is 0 Å². The lowest BCUT2D eigenvalue weighted by Crippen LogP contribution is -2.47. The van der Waals surface area contributed by atoms with Gasteiger partial charge in [0.2, 0.25) is 0 Å². The zero-order chi connectivity index (χ0) is 16.2. The van der Waals surface area contributed by atoms with Crippen molar-refractivity contribution in [3.8, 4) is 0 Å². The minimum atomic E-state index is -0.150. The van der Waals surface area contributed by atoms with Crippen LogP contribution >= 0.6 is 0 Å².